The van der Waals surface area contributed by atoms with Crippen molar-refractivity contribution in [3.05, 3.63) is 164 Å². The topological polar surface area (TPSA) is 31.2 Å². The highest BCUT2D eigenvalue weighted by atomic mass is 32.1. The summed E-state index contributed by atoms with van der Waals surface area (Å²) in [5.74, 6) is -0.0777. The summed E-state index contributed by atoms with van der Waals surface area (Å²) in [6.45, 7) is 9.77. The molecular formula is C40H29NO2S. The average Bonchev–Trinajstić information content (AvgIpc) is 3.62. The maximum atomic E-state index is 12.8. The predicted octanol–water partition coefficient (Wildman–Crippen LogP) is 10.9. The second-order valence-corrected chi connectivity index (χ2v) is 11.5. The molecule has 0 saturated carbocycles. The van der Waals surface area contributed by atoms with Gasteiger partial charge in [0.25, 0.3) is 0 Å². The van der Waals surface area contributed by atoms with Gasteiger partial charge in [0.1, 0.15) is 5.76 Å². The van der Waals surface area contributed by atoms with Gasteiger partial charge in [-0.3, -0.25) is 0 Å². The number of aromatic nitrogens is 1. The van der Waals surface area contributed by atoms with Crippen LogP contribution in [0.15, 0.2) is 152 Å². The Bertz CT molecular complexity index is 2260. The first-order valence-electron chi connectivity index (χ1n) is 14.5. The predicted molar refractivity (Wildman–Crippen MR) is 187 cm³/mol. The van der Waals surface area contributed by atoms with Crippen molar-refractivity contribution < 1.29 is 9.53 Å². The SMILES string of the molecule is C=CC(=O)OC(/C(=C\C)c1cccc2c1sc1ccccc12)=C(/C=C)c1ccc(-n2c3ccccc3c3ccccc32)cc1. The summed E-state index contributed by atoms with van der Waals surface area (Å²) in [7, 11) is 0. The van der Waals surface area contributed by atoms with Crippen LogP contribution in [0.5, 0.6) is 0 Å². The zero-order valence-electron chi connectivity index (χ0n) is 24.3. The van der Waals surface area contributed by atoms with Gasteiger partial charge in [-0.15, -0.1) is 11.3 Å². The van der Waals surface area contributed by atoms with Crippen LogP contribution in [0.3, 0.4) is 0 Å². The molecule has 7 rings (SSSR count). The molecule has 0 aliphatic rings. The van der Waals surface area contributed by atoms with Crippen molar-refractivity contribution >= 4 is 70.4 Å². The van der Waals surface area contributed by atoms with Crippen molar-refractivity contribution in [2.24, 2.45) is 0 Å². The first-order valence-corrected chi connectivity index (χ1v) is 15.3. The number of fused-ring (bicyclic) bond motifs is 6. The van der Waals surface area contributed by atoms with Crippen molar-refractivity contribution in [1.82, 2.24) is 4.57 Å². The molecule has 0 bridgehead atoms. The maximum Gasteiger partial charge on any atom is 0.335 e. The van der Waals surface area contributed by atoms with E-state index in [1.807, 2.05) is 13.0 Å². The van der Waals surface area contributed by atoms with Gasteiger partial charge in [-0.2, -0.15) is 0 Å². The van der Waals surface area contributed by atoms with Gasteiger partial charge in [-0.25, -0.2) is 4.79 Å². The molecule has 0 N–H and O–H groups in total. The van der Waals surface area contributed by atoms with E-state index in [4.69, 9.17) is 4.74 Å². The molecule has 7 aromatic rings. The molecule has 3 nitrogen and oxygen atoms in total. The number of rotatable bonds is 7. The lowest BCUT2D eigenvalue weighted by Gasteiger charge is -2.17. The highest BCUT2D eigenvalue weighted by molar-refractivity contribution is 7.26. The minimum Gasteiger partial charge on any atom is -0.422 e. The van der Waals surface area contributed by atoms with Crippen LogP contribution in [-0.2, 0) is 9.53 Å². The number of benzene rings is 5. The standard InChI is InChI=1S/C40H29NO2S/c1-4-28(26-22-24-27(25-23-26)41-35-19-10-7-14-30(35)31-15-8-11-20-36(31)41)39(43-38(42)6-3)29(5-2)33-17-13-18-34-32-16-9-12-21-37(32)44-40(33)34/h4-25H,1,3H2,2H3/b29-5-,39-28-. The summed E-state index contributed by atoms with van der Waals surface area (Å²) in [5.41, 5.74) is 6.77. The van der Waals surface area contributed by atoms with E-state index < -0.39 is 5.97 Å². The van der Waals surface area contributed by atoms with Crippen molar-refractivity contribution in [3.63, 3.8) is 0 Å². The second kappa shape index (κ2) is 11.3. The van der Waals surface area contributed by atoms with E-state index in [0.717, 1.165) is 43.7 Å². The van der Waals surface area contributed by atoms with E-state index in [9.17, 15) is 4.79 Å². The van der Waals surface area contributed by atoms with Crippen LogP contribution in [0.1, 0.15) is 18.1 Å². The molecule has 0 spiro atoms. The van der Waals surface area contributed by atoms with E-state index in [2.05, 4.69) is 133 Å². The highest BCUT2D eigenvalue weighted by Crippen LogP contribution is 2.42. The normalized spacial score (nSPS) is 12.5. The quantitative estimate of drug-likeness (QED) is 0.0804. The number of carbonyl (C=O) groups is 1. The average molecular weight is 588 g/mol. The lowest BCUT2D eigenvalue weighted by Crippen LogP contribution is -2.05. The van der Waals surface area contributed by atoms with Gasteiger partial charge in [-0.1, -0.05) is 110 Å². The second-order valence-electron chi connectivity index (χ2n) is 10.5. The Morgan fingerprint density at radius 2 is 1.32 bits per heavy atom. The van der Waals surface area contributed by atoms with Crippen molar-refractivity contribution in [2.75, 3.05) is 0 Å². The number of thiophene rings is 1. The Kier molecular flexibility index (Phi) is 7.05. The van der Waals surface area contributed by atoms with Gasteiger partial charge in [0.15, 0.2) is 0 Å². The van der Waals surface area contributed by atoms with Crippen LogP contribution in [0.4, 0.5) is 0 Å². The monoisotopic (exact) mass is 587 g/mol. The molecular weight excluding hydrogens is 559 g/mol. The van der Waals surface area contributed by atoms with E-state index >= 15 is 0 Å². The summed E-state index contributed by atoms with van der Waals surface area (Å²) in [5, 5.41) is 4.81. The van der Waals surface area contributed by atoms with Gasteiger partial charge in [-0.05, 0) is 42.8 Å². The number of para-hydroxylation sites is 2. The lowest BCUT2D eigenvalue weighted by molar-refractivity contribution is -0.133. The molecule has 0 unspecified atom stereocenters. The zero-order chi connectivity index (χ0) is 30.2. The third kappa shape index (κ3) is 4.48. The van der Waals surface area contributed by atoms with Crippen LogP contribution >= 0.6 is 11.3 Å². The molecule has 0 amide bonds. The molecule has 0 saturated heterocycles. The number of nitrogens with zero attached hydrogens (tertiary/aromatic N) is 1. The highest BCUT2D eigenvalue weighted by Gasteiger charge is 2.21. The minimum atomic E-state index is -0.524. The molecule has 2 heterocycles. The number of hydrogen-bond acceptors (Lipinski definition) is 3. The largest absolute Gasteiger partial charge is 0.422 e. The third-order valence-corrected chi connectivity index (χ3v) is 9.28. The minimum absolute atomic E-state index is 0.446. The molecule has 2 aromatic heterocycles. The Hall–Kier alpha value is -5.45. The fraction of sp³-hybridized carbons (Fsp3) is 0.0250. The Labute approximate surface area is 259 Å². The number of ether oxygens (including phenoxy) is 1. The smallest absolute Gasteiger partial charge is 0.335 e. The third-order valence-electron chi connectivity index (χ3n) is 8.06. The Morgan fingerprint density at radius 3 is 1.95 bits per heavy atom. The molecule has 4 heteroatoms. The van der Waals surface area contributed by atoms with Crippen LogP contribution in [0, 0.1) is 0 Å². The lowest BCUT2D eigenvalue weighted by atomic mass is 9.95. The van der Waals surface area contributed by atoms with Crippen molar-refractivity contribution in [3.8, 4) is 5.69 Å². The summed E-state index contributed by atoms with van der Waals surface area (Å²) >= 11 is 1.74. The molecule has 0 aliphatic carbocycles. The van der Waals surface area contributed by atoms with E-state index in [0.29, 0.717) is 5.76 Å². The van der Waals surface area contributed by atoms with Crippen LogP contribution < -0.4 is 0 Å². The number of esters is 1. The van der Waals surface area contributed by atoms with E-state index in [1.165, 1.54) is 32.3 Å². The molecule has 5 aromatic carbocycles. The van der Waals surface area contributed by atoms with Gasteiger partial charge in [0.05, 0.1) is 11.0 Å². The summed E-state index contributed by atoms with van der Waals surface area (Å²) in [6.07, 6.45) is 4.95. The number of hydrogen-bond donors (Lipinski definition) is 0. The maximum absolute atomic E-state index is 12.8. The molecule has 0 aliphatic heterocycles. The molecule has 0 atom stereocenters. The fourth-order valence-corrected chi connectivity index (χ4v) is 7.33. The fourth-order valence-electron chi connectivity index (χ4n) is 6.10. The molecule has 0 radical (unpaired) electrons. The number of carbonyl (C=O) groups excluding carboxylic acids is 1. The van der Waals surface area contributed by atoms with Gasteiger partial charge in [0, 0.05) is 59.4 Å². The first-order chi connectivity index (χ1) is 21.6. The molecule has 44 heavy (non-hydrogen) atoms. The van der Waals surface area contributed by atoms with Crippen molar-refractivity contribution in [1.29, 1.82) is 0 Å². The van der Waals surface area contributed by atoms with E-state index in [-0.39, 0.29) is 0 Å². The van der Waals surface area contributed by atoms with Crippen LogP contribution in [-0.4, -0.2) is 10.5 Å². The summed E-state index contributed by atoms with van der Waals surface area (Å²) < 4.78 is 10.7. The zero-order valence-corrected chi connectivity index (χ0v) is 25.1. The summed E-state index contributed by atoms with van der Waals surface area (Å²) in [4.78, 5) is 12.8. The molecule has 212 valence electrons. The van der Waals surface area contributed by atoms with Gasteiger partial charge >= 0.3 is 5.97 Å². The van der Waals surface area contributed by atoms with Gasteiger partial charge in [0.2, 0.25) is 0 Å². The Morgan fingerprint density at radius 1 is 0.705 bits per heavy atom. The summed E-state index contributed by atoms with van der Waals surface area (Å²) in [6, 6.07) is 39.9. The Balaban J connectivity index is 1.40. The van der Waals surface area contributed by atoms with Crippen LogP contribution in [0.2, 0.25) is 0 Å². The van der Waals surface area contributed by atoms with Gasteiger partial charge < -0.3 is 9.30 Å². The van der Waals surface area contributed by atoms with E-state index in [1.54, 1.807) is 17.4 Å². The number of allylic oxidation sites excluding steroid dienone is 4. The van der Waals surface area contributed by atoms with Crippen molar-refractivity contribution in [2.45, 2.75) is 6.92 Å². The molecule has 0 fully saturated rings. The van der Waals surface area contributed by atoms with Crippen LogP contribution in [0.25, 0.3) is 58.8 Å². The first kappa shape index (κ1) is 27.4.